The Balaban J connectivity index is 1.66. The van der Waals surface area contributed by atoms with Gasteiger partial charge in [-0.3, -0.25) is 0 Å². The van der Waals surface area contributed by atoms with Crippen LogP contribution >= 0.6 is 0 Å². The highest BCUT2D eigenvalue weighted by Crippen LogP contribution is 2.33. The van der Waals surface area contributed by atoms with Gasteiger partial charge in [-0.25, -0.2) is 9.97 Å². The van der Waals surface area contributed by atoms with Crippen molar-refractivity contribution in [2.75, 3.05) is 0 Å². The van der Waals surface area contributed by atoms with Gasteiger partial charge in [0.2, 0.25) is 5.88 Å². The summed E-state index contributed by atoms with van der Waals surface area (Å²) >= 11 is 0. The molecule has 2 aliphatic carbocycles. The zero-order valence-corrected chi connectivity index (χ0v) is 12.4. The number of rotatable bonds is 3. The highest BCUT2D eigenvalue weighted by atomic mass is 16.5. The van der Waals surface area contributed by atoms with Gasteiger partial charge in [-0.1, -0.05) is 12.2 Å². The molecule has 0 amide bonds. The van der Waals surface area contributed by atoms with Crippen LogP contribution in [0.5, 0.6) is 5.88 Å². The van der Waals surface area contributed by atoms with Gasteiger partial charge in [0.25, 0.3) is 0 Å². The molecule has 0 atom stereocenters. The third kappa shape index (κ3) is 2.87. The predicted molar refractivity (Wildman–Crippen MR) is 79.9 cm³/mol. The Labute approximate surface area is 121 Å². The molecule has 1 aromatic rings. The Morgan fingerprint density at radius 3 is 2.65 bits per heavy atom. The van der Waals surface area contributed by atoms with E-state index in [1.807, 2.05) is 0 Å². The molecule has 3 rings (SSSR count). The minimum absolute atomic E-state index is 0.325. The number of aromatic nitrogens is 2. The van der Waals surface area contributed by atoms with Gasteiger partial charge in [0.1, 0.15) is 12.4 Å². The normalized spacial score (nSPS) is 25.9. The van der Waals surface area contributed by atoms with E-state index in [4.69, 9.17) is 4.74 Å². The average Bonchev–Trinajstić information content (AvgIpc) is 2.48. The first-order valence-electron chi connectivity index (χ1n) is 7.89. The third-order valence-electron chi connectivity index (χ3n) is 4.73. The summed E-state index contributed by atoms with van der Waals surface area (Å²) in [6.45, 7) is 6.23. The summed E-state index contributed by atoms with van der Waals surface area (Å²) in [5.41, 5.74) is 3.79. The fourth-order valence-electron chi connectivity index (χ4n) is 3.42. The Morgan fingerprint density at radius 2 is 1.90 bits per heavy atom. The number of hydrogen-bond acceptors (Lipinski definition) is 3. The van der Waals surface area contributed by atoms with Crippen molar-refractivity contribution in [3.05, 3.63) is 29.7 Å². The van der Waals surface area contributed by atoms with Crippen molar-refractivity contribution in [3.63, 3.8) is 0 Å². The molecule has 1 fully saturated rings. The van der Waals surface area contributed by atoms with Crippen LogP contribution in [0.3, 0.4) is 0 Å². The lowest BCUT2D eigenvalue weighted by atomic mass is 9.83. The number of ether oxygens (including phenoxy) is 1. The van der Waals surface area contributed by atoms with E-state index in [0.717, 1.165) is 31.6 Å². The van der Waals surface area contributed by atoms with Crippen molar-refractivity contribution in [2.45, 2.75) is 64.4 Å². The van der Waals surface area contributed by atoms with E-state index in [0.29, 0.717) is 12.0 Å². The largest absolute Gasteiger partial charge is 0.474 e. The maximum atomic E-state index is 6.20. The van der Waals surface area contributed by atoms with Crippen molar-refractivity contribution in [3.8, 4) is 5.88 Å². The van der Waals surface area contributed by atoms with Gasteiger partial charge in [0, 0.05) is 5.56 Å². The van der Waals surface area contributed by atoms with Gasteiger partial charge >= 0.3 is 0 Å². The van der Waals surface area contributed by atoms with Gasteiger partial charge in [0.15, 0.2) is 0 Å². The summed E-state index contributed by atoms with van der Waals surface area (Å²) in [5.74, 6) is 1.54. The number of aryl methyl sites for hydroxylation is 1. The Hall–Kier alpha value is -1.38. The lowest BCUT2D eigenvalue weighted by molar-refractivity contribution is 0.131. The first kappa shape index (κ1) is 13.6. The third-order valence-corrected chi connectivity index (χ3v) is 4.73. The van der Waals surface area contributed by atoms with Gasteiger partial charge in [-0.05, 0) is 64.2 Å². The zero-order chi connectivity index (χ0) is 13.9. The van der Waals surface area contributed by atoms with E-state index in [2.05, 4.69) is 23.5 Å². The van der Waals surface area contributed by atoms with Crippen LogP contribution < -0.4 is 4.74 Å². The number of fused-ring (bicyclic) bond motifs is 1. The molecule has 0 aromatic carbocycles. The molecule has 1 heterocycles. The molecule has 0 spiro atoms. The van der Waals surface area contributed by atoms with Gasteiger partial charge < -0.3 is 4.74 Å². The van der Waals surface area contributed by atoms with Crippen LogP contribution in [0, 0.1) is 5.92 Å². The van der Waals surface area contributed by atoms with Crippen LogP contribution in [0.4, 0.5) is 0 Å². The number of hydrogen-bond donors (Lipinski definition) is 0. The second-order valence-electron chi connectivity index (χ2n) is 6.25. The topological polar surface area (TPSA) is 35.0 Å². The molecule has 0 saturated heterocycles. The summed E-state index contributed by atoms with van der Waals surface area (Å²) in [5, 5.41) is 0. The quantitative estimate of drug-likeness (QED) is 0.783. The molecule has 1 saturated carbocycles. The first-order valence-corrected chi connectivity index (χ1v) is 7.89. The van der Waals surface area contributed by atoms with Crippen LogP contribution in [0.2, 0.25) is 0 Å². The highest BCUT2D eigenvalue weighted by Gasteiger charge is 2.25. The average molecular weight is 272 g/mol. The van der Waals surface area contributed by atoms with Crippen LogP contribution in [-0.4, -0.2) is 16.1 Å². The zero-order valence-electron chi connectivity index (χ0n) is 12.4. The minimum Gasteiger partial charge on any atom is -0.474 e. The molecular weight excluding hydrogens is 248 g/mol. The fraction of sp³-hybridized carbons (Fsp3) is 0.647. The SMILES string of the molecule is C=C(C)[C@H]1CC[C@@H](Oc2ncnc3c2CCCC3)CC1. The molecule has 0 radical (unpaired) electrons. The molecule has 3 nitrogen and oxygen atoms in total. The van der Waals surface area contributed by atoms with E-state index in [1.54, 1.807) is 6.33 Å². The van der Waals surface area contributed by atoms with Crippen molar-refractivity contribution < 1.29 is 4.74 Å². The summed E-state index contributed by atoms with van der Waals surface area (Å²) < 4.78 is 6.20. The first-order chi connectivity index (χ1) is 9.74. The van der Waals surface area contributed by atoms with E-state index >= 15 is 0 Å². The molecule has 3 heteroatoms. The van der Waals surface area contributed by atoms with Gasteiger partial charge in [0.05, 0.1) is 5.69 Å². The lowest BCUT2D eigenvalue weighted by Gasteiger charge is -2.29. The van der Waals surface area contributed by atoms with Gasteiger partial charge in [-0.2, -0.15) is 0 Å². The lowest BCUT2D eigenvalue weighted by Crippen LogP contribution is -2.25. The monoisotopic (exact) mass is 272 g/mol. The second-order valence-corrected chi connectivity index (χ2v) is 6.25. The second kappa shape index (κ2) is 5.94. The molecule has 1 aromatic heterocycles. The van der Waals surface area contributed by atoms with Gasteiger partial charge in [-0.15, -0.1) is 0 Å². The fourth-order valence-corrected chi connectivity index (χ4v) is 3.42. The maximum absolute atomic E-state index is 6.20. The van der Waals surface area contributed by atoms with Crippen molar-refractivity contribution in [1.82, 2.24) is 9.97 Å². The Morgan fingerprint density at radius 1 is 1.15 bits per heavy atom. The molecule has 0 unspecified atom stereocenters. The van der Waals surface area contributed by atoms with Crippen LogP contribution in [0.15, 0.2) is 18.5 Å². The molecular formula is C17H24N2O. The Kier molecular flexibility index (Phi) is 4.04. The molecule has 0 aliphatic heterocycles. The molecule has 20 heavy (non-hydrogen) atoms. The number of nitrogens with zero attached hydrogens (tertiary/aromatic N) is 2. The molecule has 108 valence electrons. The highest BCUT2D eigenvalue weighted by molar-refractivity contribution is 5.31. The standard InChI is InChI=1S/C17H24N2O/c1-12(2)13-7-9-14(10-8-13)20-17-15-5-3-4-6-16(15)18-11-19-17/h11,13-14H,1,3-10H2,2H3/t13-,14+. The van der Waals surface area contributed by atoms with Crippen molar-refractivity contribution in [1.29, 1.82) is 0 Å². The molecule has 0 bridgehead atoms. The van der Waals surface area contributed by atoms with E-state index in [1.165, 1.54) is 42.5 Å². The van der Waals surface area contributed by atoms with E-state index in [-0.39, 0.29) is 0 Å². The maximum Gasteiger partial charge on any atom is 0.220 e. The summed E-state index contributed by atoms with van der Waals surface area (Å²) in [6, 6.07) is 0. The van der Waals surface area contributed by atoms with Crippen LogP contribution in [0.25, 0.3) is 0 Å². The van der Waals surface area contributed by atoms with E-state index in [9.17, 15) is 0 Å². The molecule has 0 N–H and O–H groups in total. The van der Waals surface area contributed by atoms with E-state index < -0.39 is 0 Å². The smallest absolute Gasteiger partial charge is 0.220 e. The Bertz CT molecular complexity index is 490. The van der Waals surface area contributed by atoms with Crippen molar-refractivity contribution in [2.24, 2.45) is 5.92 Å². The predicted octanol–water partition coefficient (Wildman–Crippen LogP) is 3.87. The van der Waals surface area contributed by atoms with Crippen LogP contribution in [0.1, 0.15) is 56.7 Å². The van der Waals surface area contributed by atoms with Crippen LogP contribution in [-0.2, 0) is 12.8 Å². The van der Waals surface area contributed by atoms with Crippen molar-refractivity contribution >= 4 is 0 Å². The minimum atomic E-state index is 0.325. The summed E-state index contributed by atoms with van der Waals surface area (Å²) in [4.78, 5) is 8.79. The summed E-state index contributed by atoms with van der Waals surface area (Å²) in [6.07, 6.45) is 11.3. The molecule has 2 aliphatic rings. The number of allylic oxidation sites excluding steroid dienone is 1. The summed E-state index contributed by atoms with van der Waals surface area (Å²) in [7, 11) is 0.